The molecule has 0 heterocycles. The normalized spacial score (nSPS) is 12.3. The topological polar surface area (TPSA) is 128 Å². The van der Waals surface area contributed by atoms with Gasteiger partial charge in [-0.3, -0.25) is 20.3 Å². The number of nitro benzene ring substituents is 1. The van der Waals surface area contributed by atoms with E-state index in [-0.39, 0.29) is 10.8 Å². The number of carbonyl (C=O) groups excluding carboxylic acids is 1. The number of halogens is 2. The van der Waals surface area contributed by atoms with Crippen LogP contribution < -0.4 is 15.0 Å². The molecule has 2 aromatic carbocycles. The van der Waals surface area contributed by atoms with Gasteiger partial charge >= 0.3 is 0 Å². The van der Waals surface area contributed by atoms with E-state index in [2.05, 4.69) is 0 Å². The third kappa shape index (κ3) is 5.30. The molecule has 0 saturated carbocycles. The summed E-state index contributed by atoms with van der Waals surface area (Å²) in [5, 5.41) is 11.5. The Bertz CT molecular complexity index is 983. The molecule has 2 aromatic rings. The number of hydrogen-bond acceptors (Lipinski definition) is 6. The Morgan fingerprint density at radius 1 is 1.22 bits per heavy atom. The summed E-state index contributed by atoms with van der Waals surface area (Å²) in [7, 11) is -4.37. The fourth-order valence-electron chi connectivity index (χ4n) is 1.92. The Morgan fingerprint density at radius 3 is 2.52 bits per heavy atom. The van der Waals surface area contributed by atoms with Crippen LogP contribution in [0.4, 0.5) is 5.69 Å². The third-order valence-electron chi connectivity index (χ3n) is 3.23. The summed E-state index contributed by atoms with van der Waals surface area (Å²) in [6.45, 7) is 1.36. The van der Waals surface area contributed by atoms with Crippen LogP contribution in [0.1, 0.15) is 6.92 Å². The molecule has 0 saturated heterocycles. The SMILES string of the molecule is C[C@@H](Oc1ccc(Cl)cc1Cl)C(=O)NNS(=O)(=O)c1ccccc1[N+](=O)[O-]. The number of nitro groups is 1. The monoisotopic (exact) mass is 433 g/mol. The van der Waals surface area contributed by atoms with E-state index in [0.717, 1.165) is 12.1 Å². The Balaban J connectivity index is 2.07. The lowest BCUT2D eigenvalue weighted by molar-refractivity contribution is -0.387. The number of hydrazine groups is 1. The average Bonchev–Trinajstić information content (AvgIpc) is 2.62. The maximum absolute atomic E-state index is 12.2. The zero-order chi connectivity index (χ0) is 20.2. The van der Waals surface area contributed by atoms with Crippen LogP contribution in [0.15, 0.2) is 47.4 Å². The fraction of sp³-hybridized carbons (Fsp3) is 0.133. The molecule has 0 aliphatic rings. The van der Waals surface area contributed by atoms with E-state index in [4.69, 9.17) is 27.9 Å². The number of sulfonamides is 1. The molecule has 1 atom stereocenters. The summed E-state index contributed by atoms with van der Waals surface area (Å²) in [4.78, 5) is 23.4. The smallest absolute Gasteiger partial charge is 0.289 e. The van der Waals surface area contributed by atoms with E-state index in [1.807, 2.05) is 5.43 Å². The lowest BCUT2D eigenvalue weighted by Crippen LogP contribution is -2.47. The molecular weight excluding hydrogens is 421 g/mol. The maximum atomic E-state index is 12.2. The number of nitrogens with one attached hydrogen (secondary N) is 2. The van der Waals surface area contributed by atoms with Crippen LogP contribution in [0.2, 0.25) is 10.0 Å². The van der Waals surface area contributed by atoms with Gasteiger partial charge in [0, 0.05) is 11.1 Å². The summed E-state index contributed by atoms with van der Waals surface area (Å²) in [6.07, 6.45) is -1.13. The van der Waals surface area contributed by atoms with Crippen molar-refractivity contribution in [2.75, 3.05) is 0 Å². The molecule has 27 heavy (non-hydrogen) atoms. The summed E-state index contributed by atoms with van der Waals surface area (Å²) in [5.41, 5.74) is 1.32. The van der Waals surface area contributed by atoms with Gasteiger partial charge in [0.1, 0.15) is 5.75 Å². The molecule has 0 aliphatic carbocycles. The third-order valence-corrected chi connectivity index (χ3v) is 5.05. The second kappa shape index (κ2) is 8.53. The predicted octanol–water partition coefficient (Wildman–Crippen LogP) is 2.68. The Hall–Kier alpha value is -2.40. The highest BCUT2D eigenvalue weighted by Gasteiger charge is 2.26. The van der Waals surface area contributed by atoms with Crippen molar-refractivity contribution in [3.63, 3.8) is 0 Å². The van der Waals surface area contributed by atoms with Crippen molar-refractivity contribution in [1.82, 2.24) is 10.3 Å². The van der Waals surface area contributed by atoms with E-state index in [0.29, 0.717) is 5.02 Å². The highest BCUT2D eigenvalue weighted by Crippen LogP contribution is 2.28. The standard InChI is InChI=1S/C15H13Cl2N3O6S/c1-9(26-13-7-6-10(16)8-11(13)17)15(21)18-19-27(24,25)14-5-3-2-4-12(14)20(22)23/h2-9,19H,1H3,(H,18,21)/t9-/m1/s1. The van der Waals surface area contributed by atoms with Gasteiger partial charge in [-0.1, -0.05) is 35.3 Å². The number of para-hydroxylation sites is 1. The first-order valence-corrected chi connectivity index (χ1v) is 9.52. The number of ether oxygens (including phenoxy) is 1. The largest absolute Gasteiger partial charge is 0.479 e. The van der Waals surface area contributed by atoms with Gasteiger partial charge in [0.05, 0.1) is 9.95 Å². The zero-order valence-corrected chi connectivity index (χ0v) is 16.0. The minimum absolute atomic E-state index is 0.169. The van der Waals surface area contributed by atoms with Crippen LogP contribution in [0.5, 0.6) is 5.75 Å². The number of benzene rings is 2. The zero-order valence-electron chi connectivity index (χ0n) is 13.7. The first kappa shape index (κ1) is 20.9. The minimum Gasteiger partial charge on any atom is -0.479 e. The lowest BCUT2D eigenvalue weighted by Gasteiger charge is -2.16. The second-order valence-corrected chi connectivity index (χ2v) is 7.65. The number of amides is 1. The van der Waals surface area contributed by atoms with Crippen molar-refractivity contribution in [1.29, 1.82) is 0 Å². The van der Waals surface area contributed by atoms with Crippen molar-refractivity contribution in [3.8, 4) is 5.75 Å². The van der Waals surface area contributed by atoms with Crippen LogP contribution in [0.3, 0.4) is 0 Å². The highest BCUT2D eigenvalue weighted by atomic mass is 35.5. The van der Waals surface area contributed by atoms with Crippen molar-refractivity contribution in [3.05, 3.63) is 62.6 Å². The minimum atomic E-state index is -4.37. The average molecular weight is 434 g/mol. The van der Waals surface area contributed by atoms with E-state index in [9.17, 15) is 23.3 Å². The fourth-order valence-corrected chi connectivity index (χ4v) is 3.40. The van der Waals surface area contributed by atoms with Crippen LogP contribution in [-0.4, -0.2) is 25.4 Å². The van der Waals surface area contributed by atoms with Crippen LogP contribution in [-0.2, 0) is 14.8 Å². The molecule has 0 fully saturated rings. The highest BCUT2D eigenvalue weighted by molar-refractivity contribution is 7.89. The van der Waals surface area contributed by atoms with E-state index in [1.54, 1.807) is 4.83 Å². The molecule has 0 bridgehead atoms. The van der Waals surface area contributed by atoms with Gasteiger partial charge in [0.2, 0.25) is 0 Å². The molecule has 9 nitrogen and oxygen atoms in total. The van der Waals surface area contributed by atoms with Crippen molar-refractivity contribution >= 4 is 44.8 Å². The second-order valence-electron chi connectivity index (χ2n) is 5.15. The Kier molecular flexibility index (Phi) is 6.60. The van der Waals surface area contributed by atoms with Gasteiger partial charge in [-0.25, -0.2) is 8.42 Å². The molecule has 0 spiro atoms. The van der Waals surface area contributed by atoms with Gasteiger partial charge in [0.15, 0.2) is 11.0 Å². The Labute approximate surface area is 164 Å². The molecule has 1 amide bonds. The van der Waals surface area contributed by atoms with Gasteiger partial charge in [0.25, 0.3) is 21.6 Å². The number of nitrogens with zero attached hydrogens (tertiary/aromatic N) is 1. The molecule has 12 heteroatoms. The predicted molar refractivity (Wildman–Crippen MR) is 98.1 cm³/mol. The first-order valence-electron chi connectivity index (χ1n) is 7.28. The summed E-state index contributed by atoms with van der Waals surface area (Å²) in [6, 6.07) is 9.08. The molecule has 0 unspecified atom stereocenters. The van der Waals surface area contributed by atoms with Crippen molar-refractivity contribution < 1.29 is 22.9 Å². The van der Waals surface area contributed by atoms with Gasteiger partial charge in [-0.2, -0.15) is 0 Å². The summed E-state index contributed by atoms with van der Waals surface area (Å²) in [5.74, 6) is -0.673. The number of rotatable bonds is 7. The van der Waals surface area contributed by atoms with Crippen LogP contribution >= 0.6 is 23.2 Å². The molecule has 0 aliphatic heterocycles. The number of carbonyl (C=O) groups is 1. The molecule has 2 rings (SSSR count). The van der Waals surface area contributed by atoms with Gasteiger partial charge in [-0.05, 0) is 31.2 Å². The number of hydrogen-bond donors (Lipinski definition) is 2. The molecule has 144 valence electrons. The van der Waals surface area contributed by atoms with Gasteiger partial charge in [-0.15, -0.1) is 4.83 Å². The molecule has 2 N–H and O–H groups in total. The molecular formula is C15H13Cl2N3O6S. The van der Waals surface area contributed by atoms with Crippen molar-refractivity contribution in [2.45, 2.75) is 17.9 Å². The first-order chi connectivity index (χ1) is 12.6. The summed E-state index contributed by atoms with van der Waals surface area (Å²) >= 11 is 11.7. The Morgan fingerprint density at radius 2 is 1.89 bits per heavy atom. The van der Waals surface area contributed by atoms with Crippen LogP contribution in [0, 0.1) is 10.1 Å². The maximum Gasteiger partial charge on any atom is 0.289 e. The van der Waals surface area contributed by atoms with Crippen LogP contribution in [0.25, 0.3) is 0 Å². The van der Waals surface area contributed by atoms with E-state index < -0.39 is 37.5 Å². The molecule has 0 aromatic heterocycles. The quantitative estimate of drug-likeness (QED) is 0.510. The summed E-state index contributed by atoms with van der Waals surface area (Å²) < 4.78 is 29.8. The lowest BCUT2D eigenvalue weighted by atomic mass is 10.3. The van der Waals surface area contributed by atoms with Crippen molar-refractivity contribution in [2.24, 2.45) is 0 Å². The van der Waals surface area contributed by atoms with Gasteiger partial charge < -0.3 is 4.74 Å². The van der Waals surface area contributed by atoms with E-state index >= 15 is 0 Å². The van der Waals surface area contributed by atoms with E-state index in [1.165, 1.54) is 37.3 Å². The molecule has 0 radical (unpaired) electrons.